The summed E-state index contributed by atoms with van der Waals surface area (Å²) < 4.78 is 0. The monoisotopic (exact) mass is 460 g/mol. The minimum Gasteiger partial charge on any atom is -0.352 e. The lowest BCUT2D eigenvalue weighted by atomic mass is 10.1. The van der Waals surface area contributed by atoms with Gasteiger partial charge in [0.05, 0.1) is 5.75 Å². The van der Waals surface area contributed by atoms with Crippen LogP contribution >= 0.6 is 23.4 Å². The maximum Gasteiger partial charge on any atom is 0.243 e. The number of nitrogens with zero attached hydrogens (tertiary/aromatic N) is 1. The third-order valence-corrected chi connectivity index (χ3v) is 6.47. The van der Waals surface area contributed by atoms with Crippen LogP contribution in [0.1, 0.15) is 50.3 Å². The molecule has 31 heavy (non-hydrogen) atoms. The molecule has 0 unspecified atom stereocenters. The van der Waals surface area contributed by atoms with Crippen LogP contribution in [0.2, 0.25) is 5.02 Å². The summed E-state index contributed by atoms with van der Waals surface area (Å²) in [5.74, 6) is 0.966. The van der Waals surface area contributed by atoms with Gasteiger partial charge in [-0.2, -0.15) is 0 Å². The predicted octanol–water partition coefficient (Wildman–Crippen LogP) is 5.60. The molecule has 1 N–H and O–H groups in total. The van der Waals surface area contributed by atoms with Crippen molar-refractivity contribution in [1.82, 2.24) is 10.2 Å². The smallest absolute Gasteiger partial charge is 0.243 e. The largest absolute Gasteiger partial charge is 0.352 e. The molecule has 0 aromatic heterocycles. The molecular formula is C25H33ClN2O2S. The fourth-order valence-corrected chi connectivity index (χ4v) is 4.27. The second-order valence-electron chi connectivity index (χ2n) is 7.87. The van der Waals surface area contributed by atoms with Crippen molar-refractivity contribution in [3.63, 3.8) is 0 Å². The maximum absolute atomic E-state index is 13.2. The van der Waals surface area contributed by atoms with Gasteiger partial charge < -0.3 is 10.2 Å². The lowest BCUT2D eigenvalue weighted by molar-refractivity contribution is -0.139. The van der Waals surface area contributed by atoms with Gasteiger partial charge in [0.15, 0.2) is 0 Å². The summed E-state index contributed by atoms with van der Waals surface area (Å²) in [4.78, 5) is 27.9. The number of carbonyl (C=O) groups is 2. The van der Waals surface area contributed by atoms with Crippen molar-refractivity contribution in [3.8, 4) is 0 Å². The van der Waals surface area contributed by atoms with E-state index in [0.29, 0.717) is 23.7 Å². The van der Waals surface area contributed by atoms with Crippen molar-refractivity contribution in [2.45, 2.75) is 64.9 Å². The van der Waals surface area contributed by atoms with Gasteiger partial charge in [0, 0.05) is 23.4 Å². The zero-order valence-electron chi connectivity index (χ0n) is 18.9. The molecule has 2 atom stereocenters. The molecule has 2 aromatic carbocycles. The number of hydrogen-bond acceptors (Lipinski definition) is 3. The Bertz CT molecular complexity index is 857. The van der Waals surface area contributed by atoms with Crippen molar-refractivity contribution >= 4 is 35.2 Å². The normalized spacial score (nSPS) is 12.8. The number of carbonyl (C=O) groups excluding carboxylic acids is 2. The van der Waals surface area contributed by atoms with Crippen LogP contribution in [0.3, 0.4) is 0 Å². The average molecular weight is 461 g/mol. The van der Waals surface area contributed by atoms with Gasteiger partial charge in [0.1, 0.15) is 6.04 Å². The van der Waals surface area contributed by atoms with Crippen molar-refractivity contribution in [2.75, 3.05) is 5.75 Å². The molecule has 0 spiro atoms. The molecule has 168 valence electrons. The average Bonchev–Trinajstić information content (AvgIpc) is 2.74. The Hall–Kier alpha value is -1.98. The van der Waals surface area contributed by atoms with Crippen LogP contribution in [0.15, 0.2) is 48.5 Å². The molecule has 2 amide bonds. The van der Waals surface area contributed by atoms with Gasteiger partial charge in [-0.3, -0.25) is 9.59 Å². The third kappa shape index (κ3) is 8.23. The molecule has 0 fully saturated rings. The molecule has 0 aliphatic heterocycles. The van der Waals surface area contributed by atoms with Crippen LogP contribution in [0.25, 0.3) is 0 Å². The molecule has 0 saturated carbocycles. The fourth-order valence-electron chi connectivity index (χ4n) is 3.29. The first-order valence-electron chi connectivity index (χ1n) is 10.8. The Morgan fingerprint density at radius 2 is 1.77 bits per heavy atom. The van der Waals surface area contributed by atoms with Crippen LogP contribution in [-0.4, -0.2) is 34.6 Å². The Kier molecular flexibility index (Phi) is 10.4. The number of thioether (sulfide) groups is 1. The standard InChI is InChI=1S/C25H33ClN2O2S/c1-5-19(4)27-25(30)23(6-2)28(15-20-10-12-22(26)13-11-20)24(29)17-31-16-21-9-7-8-18(3)14-21/h7-14,19,23H,5-6,15-17H2,1-4H3,(H,27,30)/t19-,23+/m1/s1. The van der Waals surface area contributed by atoms with E-state index < -0.39 is 6.04 Å². The van der Waals surface area contributed by atoms with Gasteiger partial charge in [0.25, 0.3) is 0 Å². The SMILES string of the molecule is CC[C@@H](C)NC(=O)[C@H](CC)N(Cc1ccc(Cl)cc1)C(=O)CSCc1cccc(C)c1. The first kappa shape index (κ1) is 25.3. The minimum absolute atomic E-state index is 0.0289. The minimum atomic E-state index is -0.503. The molecule has 2 rings (SSSR count). The number of benzene rings is 2. The highest BCUT2D eigenvalue weighted by Crippen LogP contribution is 2.19. The summed E-state index contributed by atoms with van der Waals surface area (Å²) >= 11 is 7.59. The Balaban J connectivity index is 2.13. The van der Waals surface area contributed by atoms with Crippen LogP contribution in [-0.2, 0) is 21.9 Å². The summed E-state index contributed by atoms with van der Waals surface area (Å²) in [6.07, 6.45) is 1.41. The molecule has 2 aromatic rings. The molecule has 0 saturated heterocycles. The highest BCUT2D eigenvalue weighted by molar-refractivity contribution is 7.99. The van der Waals surface area contributed by atoms with Gasteiger partial charge in [-0.15, -0.1) is 11.8 Å². The highest BCUT2D eigenvalue weighted by Gasteiger charge is 2.29. The van der Waals surface area contributed by atoms with Crippen molar-refractivity contribution in [2.24, 2.45) is 0 Å². The molecule has 0 heterocycles. The summed E-state index contributed by atoms with van der Waals surface area (Å²) in [7, 11) is 0. The molecule has 0 bridgehead atoms. The van der Waals surface area contributed by atoms with E-state index in [0.717, 1.165) is 17.7 Å². The Labute approximate surface area is 195 Å². The predicted molar refractivity (Wildman–Crippen MR) is 131 cm³/mol. The molecule has 6 heteroatoms. The topological polar surface area (TPSA) is 49.4 Å². The van der Waals surface area contributed by atoms with Crippen LogP contribution in [0.5, 0.6) is 0 Å². The molecule has 4 nitrogen and oxygen atoms in total. The van der Waals surface area contributed by atoms with E-state index in [1.807, 2.05) is 51.1 Å². The number of rotatable bonds is 11. The number of halogens is 1. The van der Waals surface area contributed by atoms with E-state index >= 15 is 0 Å². The van der Waals surface area contributed by atoms with Crippen molar-refractivity contribution in [3.05, 3.63) is 70.2 Å². The summed E-state index contributed by atoms with van der Waals surface area (Å²) in [6.45, 7) is 8.41. The van der Waals surface area contributed by atoms with Crippen molar-refractivity contribution in [1.29, 1.82) is 0 Å². The summed E-state index contributed by atoms with van der Waals surface area (Å²) in [5.41, 5.74) is 3.36. The lowest BCUT2D eigenvalue weighted by Crippen LogP contribution is -2.51. The maximum atomic E-state index is 13.2. The van der Waals surface area contributed by atoms with E-state index in [4.69, 9.17) is 11.6 Å². The first-order chi connectivity index (χ1) is 14.8. The first-order valence-corrected chi connectivity index (χ1v) is 12.3. The highest BCUT2D eigenvalue weighted by atomic mass is 35.5. The van der Waals surface area contributed by atoms with E-state index in [2.05, 4.69) is 30.4 Å². The molecule has 0 aliphatic rings. The van der Waals surface area contributed by atoms with E-state index in [1.165, 1.54) is 11.1 Å². The summed E-state index contributed by atoms with van der Waals surface area (Å²) in [6, 6.07) is 15.3. The zero-order chi connectivity index (χ0) is 22.8. The number of amides is 2. The second kappa shape index (κ2) is 12.8. The third-order valence-electron chi connectivity index (χ3n) is 5.23. The Morgan fingerprint density at radius 1 is 1.06 bits per heavy atom. The van der Waals surface area contributed by atoms with E-state index in [9.17, 15) is 9.59 Å². The van der Waals surface area contributed by atoms with Crippen molar-refractivity contribution < 1.29 is 9.59 Å². The molecular weight excluding hydrogens is 428 g/mol. The van der Waals surface area contributed by atoms with Gasteiger partial charge in [-0.1, -0.05) is 67.4 Å². The molecule has 0 aliphatic carbocycles. The molecule has 0 radical (unpaired) electrons. The van der Waals surface area contributed by atoms with Crippen LogP contribution in [0.4, 0.5) is 0 Å². The fraction of sp³-hybridized carbons (Fsp3) is 0.440. The van der Waals surface area contributed by atoms with E-state index in [1.54, 1.807) is 16.7 Å². The Morgan fingerprint density at radius 3 is 2.39 bits per heavy atom. The number of aryl methyl sites for hydroxylation is 1. The van der Waals surface area contributed by atoms with Gasteiger partial charge in [-0.25, -0.2) is 0 Å². The number of hydrogen-bond donors (Lipinski definition) is 1. The lowest BCUT2D eigenvalue weighted by Gasteiger charge is -2.31. The van der Waals surface area contributed by atoms with Gasteiger partial charge in [-0.05, 0) is 49.9 Å². The number of nitrogens with one attached hydrogen (secondary N) is 1. The quantitative estimate of drug-likeness (QED) is 0.474. The van der Waals surface area contributed by atoms with Crippen LogP contribution in [0, 0.1) is 6.92 Å². The van der Waals surface area contributed by atoms with Gasteiger partial charge >= 0.3 is 0 Å². The van der Waals surface area contributed by atoms with E-state index in [-0.39, 0.29) is 17.9 Å². The zero-order valence-corrected chi connectivity index (χ0v) is 20.4. The van der Waals surface area contributed by atoms with Crippen LogP contribution < -0.4 is 5.32 Å². The summed E-state index contributed by atoms with van der Waals surface area (Å²) in [5, 5.41) is 3.69. The second-order valence-corrected chi connectivity index (χ2v) is 9.29. The van der Waals surface area contributed by atoms with Gasteiger partial charge in [0.2, 0.25) is 11.8 Å².